The summed E-state index contributed by atoms with van der Waals surface area (Å²) >= 11 is 0. The van der Waals surface area contributed by atoms with Gasteiger partial charge in [0.25, 0.3) is 0 Å². The van der Waals surface area contributed by atoms with Crippen LogP contribution in [0.4, 0.5) is 17.1 Å². The molecule has 0 N–H and O–H groups in total. The van der Waals surface area contributed by atoms with Crippen LogP contribution in [0.25, 0.3) is 11.0 Å². The van der Waals surface area contributed by atoms with Crippen molar-refractivity contribution in [1.29, 1.82) is 0 Å². The first kappa shape index (κ1) is 22.3. The highest BCUT2D eigenvalue weighted by atomic mass is 16.3. The van der Waals surface area contributed by atoms with E-state index in [0.717, 1.165) is 17.1 Å². The summed E-state index contributed by atoms with van der Waals surface area (Å²) in [6.45, 7) is 1.79. The van der Waals surface area contributed by atoms with E-state index in [-0.39, 0.29) is 5.43 Å². The summed E-state index contributed by atoms with van der Waals surface area (Å²) in [5.41, 5.74) is 8.54. The number of nitrogens with zero attached hydrogens (tertiary/aromatic N) is 1. The first-order chi connectivity index (χ1) is 18.7. The maximum Gasteiger partial charge on any atom is 0.195 e. The zero-order valence-electron chi connectivity index (χ0n) is 21.0. The monoisotopic (exact) mass is 491 g/mol. The van der Waals surface area contributed by atoms with Gasteiger partial charge in [0.05, 0.1) is 28.4 Å². The summed E-state index contributed by atoms with van der Waals surface area (Å²) in [5, 5.41) is 0.584. The van der Waals surface area contributed by atoms with Crippen LogP contribution in [-0.2, 0) is 5.41 Å². The third-order valence-corrected chi connectivity index (χ3v) is 7.70. The van der Waals surface area contributed by atoms with Crippen LogP contribution < -0.4 is 10.3 Å². The van der Waals surface area contributed by atoms with Gasteiger partial charge in [-0.05, 0) is 59.5 Å². The molecule has 3 nitrogen and oxygen atoms in total. The van der Waals surface area contributed by atoms with Crippen molar-refractivity contribution in [3.8, 4) is 0 Å². The summed E-state index contributed by atoms with van der Waals surface area (Å²) in [6, 6.07) is 44.6. The van der Waals surface area contributed by atoms with Crippen LogP contribution in [0.3, 0.4) is 0 Å². The Morgan fingerprint density at radius 2 is 1.16 bits per heavy atom. The van der Waals surface area contributed by atoms with Crippen molar-refractivity contribution in [2.24, 2.45) is 0 Å². The molecular weight excluding hydrogens is 466 g/mol. The van der Waals surface area contributed by atoms with Gasteiger partial charge in [-0.3, -0.25) is 4.79 Å². The molecule has 0 unspecified atom stereocenters. The van der Waals surface area contributed by atoms with Crippen molar-refractivity contribution < 1.29 is 4.42 Å². The number of rotatable bonds is 3. The Morgan fingerprint density at radius 3 is 1.74 bits per heavy atom. The first-order valence-electron chi connectivity index (χ1n) is 12.8. The van der Waals surface area contributed by atoms with Gasteiger partial charge in [-0.15, -0.1) is 0 Å². The molecule has 0 fully saturated rings. The molecule has 1 aromatic heterocycles. The minimum Gasteiger partial charge on any atom is -0.464 e. The molecule has 1 aliphatic heterocycles. The zero-order chi connectivity index (χ0) is 25.7. The number of para-hydroxylation sites is 2. The van der Waals surface area contributed by atoms with Crippen LogP contribution in [0.15, 0.2) is 143 Å². The van der Waals surface area contributed by atoms with Crippen molar-refractivity contribution >= 4 is 28.0 Å². The Kier molecular flexibility index (Phi) is 5.05. The molecule has 0 saturated carbocycles. The van der Waals surface area contributed by atoms with Gasteiger partial charge in [-0.2, -0.15) is 0 Å². The molecule has 182 valence electrons. The average molecular weight is 492 g/mol. The van der Waals surface area contributed by atoms with E-state index in [2.05, 4.69) is 114 Å². The van der Waals surface area contributed by atoms with E-state index in [1.807, 2.05) is 18.2 Å². The maximum absolute atomic E-state index is 13.0. The lowest BCUT2D eigenvalue weighted by atomic mass is 9.62. The maximum atomic E-state index is 13.0. The number of benzene rings is 5. The summed E-state index contributed by atoms with van der Waals surface area (Å²) in [7, 11) is 0. The fourth-order valence-corrected chi connectivity index (χ4v) is 6.04. The molecule has 38 heavy (non-hydrogen) atoms. The van der Waals surface area contributed by atoms with E-state index < -0.39 is 5.41 Å². The lowest BCUT2D eigenvalue weighted by Crippen LogP contribution is -2.37. The van der Waals surface area contributed by atoms with Crippen molar-refractivity contribution in [3.63, 3.8) is 0 Å². The molecule has 0 saturated heterocycles. The molecule has 0 aliphatic carbocycles. The standard InChI is InChI=1S/C35H25NO2/c1-24-23-38-33-21-20-27(22-28(33)34(24)37)36-31-18-10-8-16-29(31)35(25-12-4-2-5-13-25,26-14-6-3-7-15-26)30-17-9-11-19-32(30)36/h2-23H,1H3. The largest absolute Gasteiger partial charge is 0.464 e. The average Bonchev–Trinajstić information content (AvgIpc) is 2.99. The van der Waals surface area contributed by atoms with Crippen LogP contribution in [0, 0.1) is 6.92 Å². The van der Waals surface area contributed by atoms with E-state index in [1.165, 1.54) is 28.5 Å². The molecule has 2 heterocycles. The molecule has 3 heteroatoms. The summed E-state index contributed by atoms with van der Waals surface area (Å²) < 4.78 is 5.73. The molecule has 6 aromatic rings. The highest BCUT2D eigenvalue weighted by Gasteiger charge is 2.46. The van der Waals surface area contributed by atoms with Crippen LogP contribution in [0.5, 0.6) is 0 Å². The summed E-state index contributed by atoms with van der Waals surface area (Å²) in [5.74, 6) is 0. The third-order valence-electron chi connectivity index (χ3n) is 7.70. The number of fused-ring (bicyclic) bond motifs is 3. The fraction of sp³-hybridized carbons (Fsp3) is 0.0571. The second kappa shape index (κ2) is 8.60. The quantitative estimate of drug-likeness (QED) is 0.249. The summed E-state index contributed by atoms with van der Waals surface area (Å²) in [6.07, 6.45) is 1.53. The van der Waals surface area contributed by atoms with Crippen LogP contribution in [-0.4, -0.2) is 0 Å². The van der Waals surface area contributed by atoms with Crippen LogP contribution in [0.2, 0.25) is 0 Å². The van der Waals surface area contributed by atoms with Crippen LogP contribution >= 0.6 is 0 Å². The van der Waals surface area contributed by atoms with Crippen molar-refractivity contribution in [3.05, 3.63) is 172 Å². The number of aryl methyl sites for hydroxylation is 1. The van der Waals surface area contributed by atoms with Crippen molar-refractivity contribution in [2.75, 3.05) is 4.90 Å². The predicted molar refractivity (Wildman–Crippen MR) is 154 cm³/mol. The minimum absolute atomic E-state index is 0.00500. The Morgan fingerprint density at radius 1 is 0.632 bits per heavy atom. The second-order valence-corrected chi connectivity index (χ2v) is 9.78. The van der Waals surface area contributed by atoms with Crippen molar-refractivity contribution in [2.45, 2.75) is 12.3 Å². The highest BCUT2D eigenvalue weighted by Crippen LogP contribution is 2.57. The van der Waals surface area contributed by atoms with Gasteiger partial charge in [0.1, 0.15) is 5.58 Å². The van der Waals surface area contributed by atoms with E-state index in [0.29, 0.717) is 16.5 Å². The highest BCUT2D eigenvalue weighted by molar-refractivity contribution is 5.92. The minimum atomic E-state index is -0.515. The third kappa shape index (κ3) is 3.12. The van der Waals surface area contributed by atoms with Crippen LogP contribution in [0.1, 0.15) is 27.8 Å². The number of hydrogen-bond acceptors (Lipinski definition) is 3. The second-order valence-electron chi connectivity index (χ2n) is 9.78. The Bertz CT molecular complexity index is 1770. The lowest BCUT2D eigenvalue weighted by Gasteiger charge is -2.46. The van der Waals surface area contributed by atoms with E-state index >= 15 is 0 Å². The molecule has 0 amide bonds. The van der Waals surface area contributed by atoms with Gasteiger partial charge in [0.15, 0.2) is 5.43 Å². The lowest BCUT2D eigenvalue weighted by molar-refractivity contribution is 0.597. The molecule has 5 aromatic carbocycles. The van der Waals surface area contributed by atoms with Gasteiger partial charge in [0, 0.05) is 11.3 Å². The smallest absolute Gasteiger partial charge is 0.195 e. The summed E-state index contributed by atoms with van der Waals surface area (Å²) in [4.78, 5) is 15.3. The molecule has 0 radical (unpaired) electrons. The molecule has 7 rings (SSSR count). The zero-order valence-corrected chi connectivity index (χ0v) is 21.0. The molecule has 0 bridgehead atoms. The van der Waals surface area contributed by atoms with E-state index in [9.17, 15) is 4.79 Å². The van der Waals surface area contributed by atoms with Gasteiger partial charge in [-0.25, -0.2) is 0 Å². The van der Waals surface area contributed by atoms with Gasteiger partial charge < -0.3 is 9.32 Å². The molecule has 0 atom stereocenters. The van der Waals surface area contributed by atoms with Gasteiger partial charge >= 0.3 is 0 Å². The van der Waals surface area contributed by atoms with E-state index in [4.69, 9.17) is 4.42 Å². The number of hydrogen-bond donors (Lipinski definition) is 0. The normalized spacial score (nSPS) is 13.7. The van der Waals surface area contributed by atoms with Gasteiger partial charge in [0.2, 0.25) is 0 Å². The SMILES string of the molecule is Cc1coc2ccc(N3c4ccccc4C(c4ccccc4)(c4ccccc4)c4ccccc43)cc2c1=O. The Balaban J connectivity index is 1.60. The Hall–Kier alpha value is -4.89. The fourth-order valence-electron chi connectivity index (χ4n) is 6.04. The first-order valence-corrected chi connectivity index (χ1v) is 12.8. The molecule has 0 spiro atoms. The topological polar surface area (TPSA) is 33.5 Å². The predicted octanol–water partition coefficient (Wildman–Crippen LogP) is 8.27. The van der Waals surface area contributed by atoms with E-state index in [1.54, 1.807) is 6.92 Å². The van der Waals surface area contributed by atoms with Gasteiger partial charge in [-0.1, -0.05) is 97.1 Å². The Labute approximate surface area is 221 Å². The number of anilines is 3. The molecular formula is C35H25NO2. The van der Waals surface area contributed by atoms with Crippen molar-refractivity contribution in [1.82, 2.24) is 0 Å². The molecule has 1 aliphatic rings.